The highest BCUT2D eigenvalue weighted by Crippen LogP contribution is 2.21. The number of fused-ring (bicyclic) bond motifs is 1. The van der Waals surface area contributed by atoms with Gasteiger partial charge >= 0.3 is 0 Å². The molecule has 3 heterocycles. The lowest BCUT2D eigenvalue weighted by molar-refractivity contribution is 0.0615. The molecule has 1 aliphatic rings. The standard InChI is InChI=1S/C23H25N7O3/c1-3-30-20-9-6-17(14-19(20)25-27-30)23(31)29-12-10-28(11-13-29)15-21-24-22(26-33-21)16-4-7-18(32-2)8-5-16/h4-9,14H,3,10-13,15H2,1-2H3. The summed E-state index contributed by atoms with van der Waals surface area (Å²) in [6, 6.07) is 13.1. The number of piperazine rings is 1. The van der Waals surface area contributed by atoms with Crippen molar-refractivity contribution in [1.82, 2.24) is 34.9 Å². The molecule has 1 aliphatic heterocycles. The Morgan fingerprint density at radius 1 is 1.09 bits per heavy atom. The van der Waals surface area contributed by atoms with Gasteiger partial charge in [-0.2, -0.15) is 4.98 Å². The number of carbonyl (C=O) groups excluding carboxylic acids is 1. The molecule has 0 atom stereocenters. The van der Waals surface area contributed by atoms with Crippen LogP contribution in [0.4, 0.5) is 0 Å². The Kier molecular flexibility index (Phi) is 5.74. The van der Waals surface area contributed by atoms with E-state index >= 15 is 0 Å². The fraction of sp³-hybridized carbons (Fsp3) is 0.348. The molecule has 0 bridgehead atoms. The number of methoxy groups -OCH3 is 1. The van der Waals surface area contributed by atoms with Crippen LogP contribution in [0.3, 0.4) is 0 Å². The van der Waals surface area contributed by atoms with Gasteiger partial charge in [0.05, 0.1) is 19.2 Å². The van der Waals surface area contributed by atoms with E-state index in [1.165, 1.54) is 0 Å². The summed E-state index contributed by atoms with van der Waals surface area (Å²) in [4.78, 5) is 21.6. The first-order valence-corrected chi connectivity index (χ1v) is 11.0. The summed E-state index contributed by atoms with van der Waals surface area (Å²) in [5.41, 5.74) is 3.19. The Balaban J connectivity index is 1.18. The lowest BCUT2D eigenvalue weighted by Crippen LogP contribution is -2.48. The second kappa shape index (κ2) is 8.99. The summed E-state index contributed by atoms with van der Waals surface area (Å²) < 4.78 is 12.4. The Morgan fingerprint density at radius 2 is 1.88 bits per heavy atom. The highest BCUT2D eigenvalue weighted by Gasteiger charge is 2.24. The molecule has 10 heteroatoms. The topological polar surface area (TPSA) is 102 Å². The van der Waals surface area contributed by atoms with Crippen LogP contribution in [0.15, 0.2) is 47.0 Å². The van der Waals surface area contributed by atoms with E-state index < -0.39 is 0 Å². The van der Waals surface area contributed by atoms with E-state index in [-0.39, 0.29) is 5.91 Å². The number of amides is 1. The molecule has 2 aromatic heterocycles. The molecule has 1 amide bonds. The highest BCUT2D eigenvalue weighted by atomic mass is 16.5. The number of aromatic nitrogens is 5. The van der Waals surface area contributed by atoms with Gasteiger partial charge in [-0.15, -0.1) is 5.10 Å². The molecule has 170 valence electrons. The second-order valence-corrected chi connectivity index (χ2v) is 7.92. The summed E-state index contributed by atoms with van der Waals surface area (Å²) in [6.45, 7) is 6.06. The number of benzene rings is 2. The van der Waals surface area contributed by atoms with E-state index in [1.807, 2.05) is 59.0 Å². The van der Waals surface area contributed by atoms with Crippen LogP contribution in [0.5, 0.6) is 5.75 Å². The van der Waals surface area contributed by atoms with Crippen molar-refractivity contribution < 1.29 is 14.1 Å². The highest BCUT2D eigenvalue weighted by molar-refractivity contribution is 5.97. The Hall–Kier alpha value is -3.79. The maximum atomic E-state index is 13.0. The zero-order valence-corrected chi connectivity index (χ0v) is 18.6. The maximum absolute atomic E-state index is 13.0. The summed E-state index contributed by atoms with van der Waals surface area (Å²) in [5, 5.41) is 12.4. The van der Waals surface area contributed by atoms with Crippen molar-refractivity contribution in [3.8, 4) is 17.1 Å². The predicted molar refractivity (Wildman–Crippen MR) is 121 cm³/mol. The Labute approximate surface area is 190 Å². The Bertz CT molecular complexity index is 1260. The van der Waals surface area contributed by atoms with Gasteiger partial charge in [0.15, 0.2) is 0 Å². The minimum atomic E-state index is 0.0159. The maximum Gasteiger partial charge on any atom is 0.254 e. The molecule has 5 rings (SSSR count). The van der Waals surface area contributed by atoms with Gasteiger partial charge in [-0.1, -0.05) is 10.4 Å². The van der Waals surface area contributed by atoms with Crippen molar-refractivity contribution in [3.63, 3.8) is 0 Å². The number of nitrogens with zero attached hydrogens (tertiary/aromatic N) is 7. The quantitative estimate of drug-likeness (QED) is 0.444. The molecule has 0 spiro atoms. The number of hydrogen-bond acceptors (Lipinski definition) is 8. The van der Waals surface area contributed by atoms with E-state index in [4.69, 9.17) is 9.26 Å². The number of carbonyl (C=O) groups is 1. The fourth-order valence-electron chi connectivity index (χ4n) is 4.00. The molecule has 33 heavy (non-hydrogen) atoms. The molecule has 2 aromatic carbocycles. The third-order valence-electron chi connectivity index (χ3n) is 5.90. The fourth-order valence-corrected chi connectivity index (χ4v) is 4.00. The van der Waals surface area contributed by atoms with Gasteiger partial charge in [0.1, 0.15) is 11.3 Å². The average Bonchev–Trinajstić information content (AvgIpc) is 3.50. The van der Waals surface area contributed by atoms with Gasteiger partial charge in [-0.3, -0.25) is 9.69 Å². The SMILES string of the molecule is CCn1nnc2cc(C(=O)N3CCN(Cc4nc(-c5ccc(OC)cc5)no4)CC3)ccc21. The number of aryl methyl sites for hydroxylation is 1. The molecular formula is C23H25N7O3. The third kappa shape index (κ3) is 4.29. The van der Waals surface area contributed by atoms with Crippen LogP contribution in [-0.2, 0) is 13.1 Å². The summed E-state index contributed by atoms with van der Waals surface area (Å²) >= 11 is 0. The molecular weight excluding hydrogens is 422 g/mol. The minimum Gasteiger partial charge on any atom is -0.497 e. The van der Waals surface area contributed by atoms with Crippen molar-refractivity contribution in [2.75, 3.05) is 33.3 Å². The number of rotatable bonds is 6. The van der Waals surface area contributed by atoms with Crippen LogP contribution in [0.25, 0.3) is 22.4 Å². The Morgan fingerprint density at radius 3 is 2.61 bits per heavy atom. The van der Waals surface area contributed by atoms with E-state index in [9.17, 15) is 4.79 Å². The first-order valence-electron chi connectivity index (χ1n) is 11.0. The second-order valence-electron chi connectivity index (χ2n) is 7.92. The largest absolute Gasteiger partial charge is 0.497 e. The van der Waals surface area contributed by atoms with E-state index in [0.717, 1.165) is 42.0 Å². The van der Waals surface area contributed by atoms with Gasteiger partial charge < -0.3 is 14.2 Å². The van der Waals surface area contributed by atoms with E-state index in [0.29, 0.717) is 36.9 Å². The first-order chi connectivity index (χ1) is 16.1. The van der Waals surface area contributed by atoms with Gasteiger partial charge in [-0.05, 0) is 49.4 Å². The smallest absolute Gasteiger partial charge is 0.254 e. The van der Waals surface area contributed by atoms with Crippen LogP contribution in [-0.4, -0.2) is 74.1 Å². The average molecular weight is 447 g/mol. The van der Waals surface area contributed by atoms with Gasteiger partial charge in [0.25, 0.3) is 5.91 Å². The van der Waals surface area contributed by atoms with Crippen LogP contribution in [0.2, 0.25) is 0 Å². The van der Waals surface area contributed by atoms with Crippen molar-refractivity contribution in [2.45, 2.75) is 20.0 Å². The molecule has 0 aliphatic carbocycles. The third-order valence-corrected chi connectivity index (χ3v) is 5.90. The predicted octanol–water partition coefficient (Wildman–Crippen LogP) is 2.47. The van der Waals surface area contributed by atoms with Crippen LogP contribution in [0, 0.1) is 0 Å². The molecule has 4 aromatic rings. The number of ether oxygens (including phenoxy) is 1. The van der Waals surface area contributed by atoms with Gasteiger partial charge in [0.2, 0.25) is 11.7 Å². The van der Waals surface area contributed by atoms with Crippen LogP contribution in [0.1, 0.15) is 23.2 Å². The van der Waals surface area contributed by atoms with Gasteiger partial charge in [0, 0.05) is 43.9 Å². The van der Waals surface area contributed by atoms with Crippen molar-refractivity contribution in [3.05, 3.63) is 53.9 Å². The zero-order chi connectivity index (χ0) is 22.8. The summed E-state index contributed by atoms with van der Waals surface area (Å²) in [7, 11) is 1.63. The molecule has 0 unspecified atom stereocenters. The lowest BCUT2D eigenvalue weighted by Gasteiger charge is -2.34. The monoisotopic (exact) mass is 447 g/mol. The minimum absolute atomic E-state index is 0.0159. The molecule has 10 nitrogen and oxygen atoms in total. The number of hydrogen-bond donors (Lipinski definition) is 0. The van der Waals surface area contributed by atoms with Crippen molar-refractivity contribution in [1.29, 1.82) is 0 Å². The van der Waals surface area contributed by atoms with E-state index in [1.54, 1.807) is 7.11 Å². The molecule has 0 radical (unpaired) electrons. The molecule has 0 N–H and O–H groups in total. The summed E-state index contributed by atoms with van der Waals surface area (Å²) in [5.74, 6) is 1.91. The van der Waals surface area contributed by atoms with Crippen LogP contribution < -0.4 is 4.74 Å². The van der Waals surface area contributed by atoms with Crippen molar-refractivity contribution >= 4 is 16.9 Å². The molecule has 1 fully saturated rings. The molecule has 1 saturated heterocycles. The van der Waals surface area contributed by atoms with Crippen LogP contribution >= 0.6 is 0 Å². The van der Waals surface area contributed by atoms with Gasteiger partial charge in [-0.25, -0.2) is 4.68 Å². The normalized spacial score (nSPS) is 14.7. The lowest BCUT2D eigenvalue weighted by atomic mass is 10.1. The summed E-state index contributed by atoms with van der Waals surface area (Å²) in [6.07, 6.45) is 0. The van der Waals surface area contributed by atoms with Crippen molar-refractivity contribution in [2.24, 2.45) is 0 Å². The zero-order valence-electron chi connectivity index (χ0n) is 18.6. The van der Waals surface area contributed by atoms with E-state index in [2.05, 4.69) is 25.4 Å². The molecule has 0 saturated carbocycles. The first kappa shape index (κ1) is 21.1.